The molecule has 1 heteroatoms. The molecule has 1 aromatic heterocycles. The third-order valence-corrected chi connectivity index (χ3v) is 1.96. The van der Waals surface area contributed by atoms with Crippen molar-refractivity contribution in [3.63, 3.8) is 0 Å². The van der Waals surface area contributed by atoms with Crippen molar-refractivity contribution in [1.82, 2.24) is 0 Å². The number of pyridine rings is 1. The number of nitrogens with zero attached hydrogens (tertiary/aromatic N) is 1. The summed E-state index contributed by atoms with van der Waals surface area (Å²) >= 11 is 0. The van der Waals surface area contributed by atoms with Crippen LogP contribution in [0.2, 0.25) is 0 Å². The van der Waals surface area contributed by atoms with Crippen molar-refractivity contribution in [2.45, 2.75) is 6.54 Å². The van der Waals surface area contributed by atoms with Gasteiger partial charge in [-0.1, -0.05) is 49.6 Å². The van der Waals surface area contributed by atoms with E-state index in [0.29, 0.717) is 0 Å². The highest BCUT2D eigenvalue weighted by molar-refractivity contribution is 5.22. The van der Waals surface area contributed by atoms with Crippen molar-refractivity contribution in [2.24, 2.45) is 0 Å². The molecule has 1 nitrogen and oxygen atoms in total. The van der Waals surface area contributed by atoms with Gasteiger partial charge in [-0.3, -0.25) is 0 Å². The minimum atomic E-state index is 0.839. The van der Waals surface area contributed by atoms with Crippen LogP contribution >= 0.6 is 0 Å². The summed E-state index contributed by atoms with van der Waals surface area (Å²) in [5, 5.41) is 0. The lowest BCUT2D eigenvalue weighted by Crippen LogP contribution is -2.32. The first-order valence-corrected chi connectivity index (χ1v) is 4.91. The lowest BCUT2D eigenvalue weighted by atomic mass is 10.2. The lowest BCUT2D eigenvalue weighted by molar-refractivity contribution is -0.688. The quantitative estimate of drug-likeness (QED) is 0.506. The van der Waals surface area contributed by atoms with Crippen molar-refractivity contribution in [3.05, 3.63) is 79.7 Å². The van der Waals surface area contributed by atoms with Crippen LogP contribution in [0, 0.1) is 0 Å². The molecule has 0 radical (unpaired) electrons. The molecule has 0 spiro atoms. The van der Waals surface area contributed by atoms with Gasteiger partial charge in [-0.05, 0) is 0 Å². The van der Waals surface area contributed by atoms with E-state index in [1.165, 1.54) is 5.57 Å². The Bertz CT molecular complexity index is 372. The number of rotatable bonds is 5. The Labute approximate surface area is 91.4 Å². The van der Waals surface area contributed by atoms with Crippen LogP contribution < -0.4 is 4.57 Å². The molecule has 0 saturated carbocycles. The predicted octanol–water partition coefficient (Wildman–Crippen LogP) is 2.83. The fourth-order valence-electron chi connectivity index (χ4n) is 1.19. The molecule has 0 aliphatic rings. The van der Waals surface area contributed by atoms with Gasteiger partial charge in [-0.25, -0.2) is 4.57 Å². The predicted molar refractivity (Wildman–Crippen MR) is 64.3 cm³/mol. The van der Waals surface area contributed by atoms with Gasteiger partial charge in [0.2, 0.25) is 0 Å². The average Bonchev–Trinajstić information content (AvgIpc) is 2.29. The molecule has 0 atom stereocenters. The van der Waals surface area contributed by atoms with Gasteiger partial charge in [-0.15, -0.1) is 0 Å². The van der Waals surface area contributed by atoms with Gasteiger partial charge in [0, 0.05) is 17.7 Å². The highest BCUT2D eigenvalue weighted by Gasteiger charge is 1.99. The Balaban J connectivity index is 2.69. The second-order valence-corrected chi connectivity index (χ2v) is 3.11. The van der Waals surface area contributed by atoms with E-state index < -0.39 is 0 Å². The molecule has 0 N–H and O–H groups in total. The Morgan fingerprint density at radius 2 is 1.80 bits per heavy atom. The van der Waals surface area contributed by atoms with Crippen LogP contribution in [-0.2, 0) is 6.54 Å². The summed E-state index contributed by atoms with van der Waals surface area (Å²) in [5.41, 5.74) is 1.17. The van der Waals surface area contributed by atoms with E-state index >= 15 is 0 Å². The fraction of sp³-hybridized carbons (Fsp3) is 0.0714. The van der Waals surface area contributed by atoms with Crippen molar-refractivity contribution in [2.75, 3.05) is 0 Å². The monoisotopic (exact) mass is 198 g/mol. The van der Waals surface area contributed by atoms with Crippen LogP contribution in [0.5, 0.6) is 0 Å². The number of hydrogen-bond donors (Lipinski definition) is 0. The molecular formula is C14H16N+. The maximum atomic E-state index is 3.79. The zero-order valence-corrected chi connectivity index (χ0v) is 8.84. The van der Waals surface area contributed by atoms with Gasteiger partial charge < -0.3 is 0 Å². The molecule has 76 valence electrons. The molecule has 0 bridgehead atoms. The second kappa shape index (κ2) is 6.55. The molecule has 0 saturated heterocycles. The summed E-state index contributed by atoms with van der Waals surface area (Å²) in [6.07, 6.45) is 13.6. The first-order chi connectivity index (χ1) is 7.36. The van der Waals surface area contributed by atoms with E-state index in [4.69, 9.17) is 0 Å². The summed E-state index contributed by atoms with van der Waals surface area (Å²) < 4.78 is 2.11. The molecule has 0 amide bonds. The topological polar surface area (TPSA) is 3.88 Å². The SMILES string of the molecule is C=C/C=C\C=C(/C=C)C[n+]1ccccc1. The number of aromatic nitrogens is 1. The molecule has 1 heterocycles. The first-order valence-electron chi connectivity index (χ1n) is 4.91. The Kier molecular flexibility index (Phi) is 4.88. The Hall–Kier alpha value is -1.89. The van der Waals surface area contributed by atoms with Crippen LogP contribution in [-0.4, -0.2) is 0 Å². The summed E-state index contributed by atoms with van der Waals surface area (Å²) in [4.78, 5) is 0. The Morgan fingerprint density at radius 1 is 1.07 bits per heavy atom. The van der Waals surface area contributed by atoms with E-state index in [-0.39, 0.29) is 0 Å². The summed E-state index contributed by atoms with van der Waals surface area (Å²) in [7, 11) is 0. The minimum Gasteiger partial charge on any atom is -0.201 e. The van der Waals surface area contributed by atoms with E-state index in [9.17, 15) is 0 Å². The zero-order chi connectivity index (χ0) is 10.9. The molecule has 1 rings (SSSR count). The third kappa shape index (κ3) is 4.23. The Morgan fingerprint density at radius 3 is 2.40 bits per heavy atom. The van der Waals surface area contributed by atoms with Crippen LogP contribution in [0.1, 0.15) is 0 Å². The summed E-state index contributed by atoms with van der Waals surface area (Å²) in [6, 6.07) is 6.03. The standard InChI is InChI=1S/C14H16N/c1-3-5-7-10-14(4-2)13-15-11-8-6-9-12-15/h3-12H,1-2,13H2/q+1/b7-5-,14-10+. The van der Waals surface area contributed by atoms with Gasteiger partial charge in [0.25, 0.3) is 0 Å². The fourth-order valence-corrected chi connectivity index (χ4v) is 1.19. The zero-order valence-electron chi connectivity index (χ0n) is 8.84. The van der Waals surface area contributed by atoms with E-state index in [0.717, 1.165) is 6.54 Å². The number of hydrogen-bond acceptors (Lipinski definition) is 0. The van der Waals surface area contributed by atoms with E-state index in [2.05, 4.69) is 17.7 Å². The molecule has 1 aromatic rings. The van der Waals surface area contributed by atoms with E-state index in [1.54, 1.807) is 6.08 Å². The normalized spacial score (nSPS) is 11.6. The largest absolute Gasteiger partial charge is 0.201 e. The molecule has 0 unspecified atom stereocenters. The lowest BCUT2D eigenvalue weighted by Gasteiger charge is -1.96. The third-order valence-electron chi connectivity index (χ3n) is 1.96. The minimum absolute atomic E-state index is 0.839. The van der Waals surface area contributed by atoms with Gasteiger partial charge in [0.15, 0.2) is 18.9 Å². The second-order valence-electron chi connectivity index (χ2n) is 3.11. The first kappa shape index (κ1) is 11.2. The van der Waals surface area contributed by atoms with Gasteiger partial charge >= 0.3 is 0 Å². The van der Waals surface area contributed by atoms with Crippen molar-refractivity contribution in [3.8, 4) is 0 Å². The highest BCUT2D eigenvalue weighted by atomic mass is 14.9. The molecule has 0 aliphatic heterocycles. The van der Waals surface area contributed by atoms with E-state index in [1.807, 2.05) is 54.9 Å². The van der Waals surface area contributed by atoms with Gasteiger partial charge in [-0.2, -0.15) is 0 Å². The molecule has 15 heavy (non-hydrogen) atoms. The smallest absolute Gasteiger partial charge is 0.173 e. The van der Waals surface area contributed by atoms with Crippen molar-refractivity contribution in [1.29, 1.82) is 0 Å². The average molecular weight is 198 g/mol. The van der Waals surface area contributed by atoms with Crippen LogP contribution in [0.4, 0.5) is 0 Å². The highest BCUT2D eigenvalue weighted by Crippen LogP contribution is 1.96. The van der Waals surface area contributed by atoms with Crippen molar-refractivity contribution >= 4 is 0 Å². The molecule has 0 aromatic carbocycles. The molecular weight excluding hydrogens is 182 g/mol. The van der Waals surface area contributed by atoms with Gasteiger partial charge in [0.05, 0.1) is 0 Å². The van der Waals surface area contributed by atoms with Crippen molar-refractivity contribution < 1.29 is 4.57 Å². The summed E-state index contributed by atoms with van der Waals surface area (Å²) in [5.74, 6) is 0. The maximum Gasteiger partial charge on any atom is 0.173 e. The molecule has 0 aliphatic carbocycles. The summed E-state index contributed by atoms with van der Waals surface area (Å²) in [6.45, 7) is 8.25. The van der Waals surface area contributed by atoms with Crippen LogP contribution in [0.25, 0.3) is 0 Å². The molecule has 0 fully saturated rings. The number of allylic oxidation sites excluding steroid dienone is 6. The van der Waals surface area contributed by atoms with Crippen LogP contribution in [0.3, 0.4) is 0 Å². The maximum absolute atomic E-state index is 3.79. The van der Waals surface area contributed by atoms with Crippen LogP contribution in [0.15, 0.2) is 79.7 Å². The van der Waals surface area contributed by atoms with Gasteiger partial charge in [0.1, 0.15) is 0 Å².